The molecule has 10 nitrogen and oxygen atoms in total. The number of hydrogen-bond donors (Lipinski definition) is 2. The second kappa shape index (κ2) is 10.8. The predicted octanol–water partition coefficient (Wildman–Crippen LogP) is 3.41. The minimum absolute atomic E-state index is 0.00319. The third kappa shape index (κ3) is 7.90. The molecule has 2 N–H and O–H groups in total. The number of carbonyl (C=O) groups is 3. The van der Waals surface area contributed by atoms with Crippen LogP contribution in [0, 0.1) is 0 Å². The third-order valence-electron chi connectivity index (χ3n) is 4.44. The van der Waals surface area contributed by atoms with Crippen LogP contribution in [0.5, 0.6) is 0 Å². The van der Waals surface area contributed by atoms with E-state index < -0.39 is 5.60 Å². The maximum Gasteiger partial charge on any atom is 0.410 e. The van der Waals surface area contributed by atoms with Gasteiger partial charge in [0.2, 0.25) is 16.9 Å². The lowest BCUT2D eigenvalue weighted by molar-refractivity contribution is -0.130. The molecule has 178 valence electrons. The van der Waals surface area contributed by atoms with Gasteiger partial charge >= 0.3 is 6.09 Å². The molecular formula is C21H28N6O4S2. The smallest absolute Gasteiger partial charge is 0.410 e. The number of hydrogen-bond acceptors (Lipinski definition) is 9. The average Bonchev–Trinajstić information content (AvgIpc) is 3.18. The van der Waals surface area contributed by atoms with E-state index in [0.717, 1.165) is 5.69 Å². The van der Waals surface area contributed by atoms with Crippen molar-refractivity contribution in [2.75, 3.05) is 42.6 Å². The monoisotopic (exact) mass is 492 g/mol. The van der Waals surface area contributed by atoms with E-state index in [1.54, 1.807) is 21.9 Å². The van der Waals surface area contributed by atoms with Gasteiger partial charge in [0.05, 0.1) is 5.75 Å². The van der Waals surface area contributed by atoms with Crippen LogP contribution in [0.4, 0.5) is 21.3 Å². The summed E-state index contributed by atoms with van der Waals surface area (Å²) in [6.45, 7) is 8.82. The van der Waals surface area contributed by atoms with Crippen molar-refractivity contribution in [3.8, 4) is 0 Å². The molecule has 0 saturated carbocycles. The van der Waals surface area contributed by atoms with E-state index in [-0.39, 0.29) is 23.7 Å². The number of ether oxygens (including phenoxy) is 1. The van der Waals surface area contributed by atoms with Crippen molar-refractivity contribution in [1.82, 2.24) is 20.0 Å². The normalized spacial score (nSPS) is 14.1. The molecular weight excluding hydrogens is 464 g/mol. The molecule has 0 atom stereocenters. The third-order valence-corrected chi connectivity index (χ3v) is 6.40. The Hall–Kier alpha value is -2.86. The lowest BCUT2D eigenvalue weighted by Gasteiger charge is -2.35. The standard InChI is InChI=1S/C21H28N6O4S2/c1-14(28)22-15-6-5-7-16(12-15)23-18-24-25-19(33-18)32-13-17(29)26-8-10-27(11-9-26)20(30)31-21(2,3)4/h5-7,12H,8-11,13H2,1-4H3,(H,22,28)(H,23,24). The summed E-state index contributed by atoms with van der Waals surface area (Å²) >= 11 is 2.68. The molecule has 0 radical (unpaired) electrons. The number of benzene rings is 1. The van der Waals surface area contributed by atoms with E-state index in [4.69, 9.17) is 4.74 Å². The van der Waals surface area contributed by atoms with Crippen molar-refractivity contribution in [3.63, 3.8) is 0 Å². The van der Waals surface area contributed by atoms with Crippen molar-refractivity contribution >= 4 is 57.5 Å². The summed E-state index contributed by atoms with van der Waals surface area (Å²) in [5, 5.41) is 14.7. The first-order chi connectivity index (χ1) is 15.6. The molecule has 1 aromatic heterocycles. The van der Waals surface area contributed by atoms with Crippen LogP contribution in [-0.4, -0.2) is 75.4 Å². The van der Waals surface area contributed by atoms with Gasteiger partial charge in [-0.1, -0.05) is 29.2 Å². The van der Waals surface area contributed by atoms with E-state index in [0.29, 0.717) is 41.3 Å². The highest BCUT2D eigenvalue weighted by Gasteiger charge is 2.27. The highest BCUT2D eigenvalue weighted by molar-refractivity contribution is 8.01. The van der Waals surface area contributed by atoms with Crippen LogP contribution < -0.4 is 10.6 Å². The predicted molar refractivity (Wildman–Crippen MR) is 129 cm³/mol. The molecule has 3 rings (SSSR count). The molecule has 1 aliphatic heterocycles. The van der Waals surface area contributed by atoms with Crippen LogP contribution in [-0.2, 0) is 14.3 Å². The number of rotatable bonds is 6. The van der Waals surface area contributed by atoms with E-state index >= 15 is 0 Å². The molecule has 1 saturated heterocycles. The van der Waals surface area contributed by atoms with Gasteiger partial charge in [-0.25, -0.2) is 4.79 Å². The van der Waals surface area contributed by atoms with Gasteiger partial charge < -0.3 is 25.2 Å². The lowest BCUT2D eigenvalue weighted by Crippen LogP contribution is -2.52. The zero-order valence-corrected chi connectivity index (χ0v) is 20.7. The van der Waals surface area contributed by atoms with Crippen molar-refractivity contribution < 1.29 is 19.1 Å². The van der Waals surface area contributed by atoms with Crippen LogP contribution in [0.3, 0.4) is 0 Å². The molecule has 1 fully saturated rings. The Labute approximate surface area is 201 Å². The minimum atomic E-state index is -0.537. The second-order valence-electron chi connectivity index (χ2n) is 8.40. The van der Waals surface area contributed by atoms with Crippen molar-refractivity contribution in [1.29, 1.82) is 0 Å². The molecule has 1 aliphatic rings. The number of piperazine rings is 1. The highest BCUT2D eigenvalue weighted by Crippen LogP contribution is 2.28. The maximum atomic E-state index is 12.6. The van der Waals surface area contributed by atoms with E-state index in [1.807, 2.05) is 32.9 Å². The summed E-state index contributed by atoms with van der Waals surface area (Å²) < 4.78 is 6.06. The summed E-state index contributed by atoms with van der Waals surface area (Å²) in [4.78, 5) is 39.3. The fraction of sp³-hybridized carbons (Fsp3) is 0.476. The number of amides is 3. The van der Waals surface area contributed by atoms with Gasteiger partial charge in [-0.2, -0.15) is 0 Å². The maximum absolute atomic E-state index is 12.6. The molecule has 0 spiro atoms. The van der Waals surface area contributed by atoms with Gasteiger partial charge in [-0.05, 0) is 39.0 Å². The number of nitrogens with zero attached hydrogens (tertiary/aromatic N) is 4. The zero-order chi connectivity index (χ0) is 24.0. The van der Waals surface area contributed by atoms with E-state index in [9.17, 15) is 14.4 Å². The largest absolute Gasteiger partial charge is 0.444 e. The second-order valence-corrected chi connectivity index (χ2v) is 10.6. The number of thioether (sulfide) groups is 1. The summed E-state index contributed by atoms with van der Waals surface area (Å²) in [6, 6.07) is 7.29. The quantitative estimate of drug-likeness (QED) is 0.589. The fourth-order valence-corrected chi connectivity index (χ4v) is 4.67. The summed E-state index contributed by atoms with van der Waals surface area (Å²) in [5.74, 6) is 0.105. The van der Waals surface area contributed by atoms with Crippen molar-refractivity contribution in [3.05, 3.63) is 24.3 Å². The Morgan fingerprint density at radius 2 is 1.76 bits per heavy atom. The molecule has 1 aromatic carbocycles. The summed E-state index contributed by atoms with van der Waals surface area (Å²) in [6.07, 6.45) is -0.347. The van der Waals surface area contributed by atoms with E-state index in [1.165, 1.54) is 30.0 Å². The number of anilines is 3. The highest BCUT2D eigenvalue weighted by atomic mass is 32.2. The first-order valence-corrected chi connectivity index (χ1v) is 12.3. The average molecular weight is 493 g/mol. The van der Waals surface area contributed by atoms with Gasteiger partial charge in [0.1, 0.15) is 5.60 Å². The van der Waals surface area contributed by atoms with Crippen LogP contribution in [0.15, 0.2) is 28.6 Å². The molecule has 3 amide bonds. The number of aromatic nitrogens is 2. The zero-order valence-electron chi connectivity index (χ0n) is 19.1. The fourth-order valence-electron chi connectivity index (χ4n) is 3.00. The molecule has 0 unspecified atom stereocenters. The van der Waals surface area contributed by atoms with Crippen LogP contribution >= 0.6 is 23.1 Å². The number of nitrogens with one attached hydrogen (secondary N) is 2. The summed E-state index contributed by atoms with van der Waals surface area (Å²) in [7, 11) is 0. The van der Waals surface area contributed by atoms with Crippen molar-refractivity contribution in [2.45, 2.75) is 37.6 Å². The first-order valence-electron chi connectivity index (χ1n) is 10.5. The Balaban J connectivity index is 1.45. The number of carbonyl (C=O) groups excluding carboxylic acids is 3. The summed E-state index contributed by atoms with van der Waals surface area (Å²) in [5.41, 5.74) is 0.918. The molecule has 0 aliphatic carbocycles. The van der Waals surface area contributed by atoms with Crippen LogP contribution in [0.2, 0.25) is 0 Å². The van der Waals surface area contributed by atoms with Gasteiger partial charge in [0.15, 0.2) is 4.34 Å². The lowest BCUT2D eigenvalue weighted by atomic mass is 10.2. The van der Waals surface area contributed by atoms with Gasteiger partial charge in [-0.3, -0.25) is 9.59 Å². The van der Waals surface area contributed by atoms with Crippen LogP contribution in [0.25, 0.3) is 0 Å². The Morgan fingerprint density at radius 1 is 1.09 bits per heavy atom. The molecule has 33 heavy (non-hydrogen) atoms. The van der Waals surface area contributed by atoms with Gasteiger partial charge in [0, 0.05) is 44.5 Å². The molecule has 2 aromatic rings. The molecule has 0 bridgehead atoms. The first kappa shape index (κ1) is 24.8. The van der Waals surface area contributed by atoms with Crippen LogP contribution in [0.1, 0.15) is 27.7 Å². The van der Waals surface area contributed by atoms with Crippen molar-refractivity contribution in [2.24, 2.45) is 0 Å². The Morgan fingerprint density at radius 3 is 2.42 bits per heavy atom. The molecule has 12 heteroatoms. The Kier molecular flexibility index (Phi) is 8.14. The molecule has 2 heterocycles. The van der Waals surface area contributed by atoms with Gasteiger partial charge in [0.25, 0.3) is 0 Å². The SMILES string of the molecule is CC(=O)Nc1cccc(Nc2nnc(SCC(=O)N3CCN(C(=O)OC(C)(C)C)CC3)s2)c1. The Bertz CT molecular complexity index is 999. The van der Waals surface area contributed by atoms with E-state index in [2.05, 4.69) is 20.8 Å². The topological polar surface area (TPSA) is 117 Å². The minimum Gasteiger partial charge on any atom is -0.444 e. The van der Waals surface area contributed by atoms with Gasteiger partial charge in [-0.15, -0.1) is 10.2 Å².